The molecule has 0 bridgehead atoms. The molecule has 6 nitrogen and oxygen atoms in total. The van der Waals surface area contributed by atoms with Gasteiger partial charge in [0.25, 0.3) is 5.91 Å². The highest BCUT2D eigenvalue weighted by Gasteiger charge is 2.40. The normalized spacial score (nSPS) is 23.7. The van der Waals surface area contributed by atoms with Crippen LogP contribution in [0.3, 0.4) is 0 Å². The Morgan fingerprint density at radius 1 is 1.50 bits per heavy atom. The molecule has 1 unspecified atom stereocenters. The fraction of sp³-hybridized carbons (Fsp3) is 0.545. The van der Waals surface area contributed by atoms with Crippen molar-refractivity contribution in [3.63, 3.8) is 0 Å². The Bertz CT molecular complexity index is 523. The Morgan fingerprint density at radius 2 is 2.20 bits per heavy atom. The number of aromatic nitrogens is 2. The summed E-state index contributed by atoms with van der Waals surface area (Å²) in [5.74, 6) is -1.09. The average Bonchev–Trinajstić information content (AvgIpc) is 2.38. The van der Waals surface area contributed by atoms with Gasteiger partial charge in [0.1, 0.15) is 5.69 Å². The van der Waals surface area contributed by atoms with E-state index >= 15 is 0 Å². The molecule has 0 aliphatic carbocycles. The van der Waals surface area contributed by atoms with Gasteiger partial charge >= 0.3 is 6.18 Å². The Balaban J connectivity index is 2.26. The number of aliphatic hydroxyl groups is 1. The number of nitrogens with two attached hydrogens (primary N) is 1. The summed E-state index contributed by atoms with van der Waals surface area (Å²) in [5.41, 5.74) is 2.26. The molecule has 1 atom stereocenters. The molecule has 110 valence electrons. The van der Waals surface area contributed by atoms with Crippen LogP contribution < -0.4 is 10.6 Å². The summed E-state index contributed by atoms with van der Waals surface area (Å²) in [5, 5.41) is 10.0. The van der Waals surface area contributed by atoms with Crippen molar-refractivity contribution < 1.29 is 23.1 Å². The molecule has 0 spiro atoms. The topological polar surface area (TPSA) is 92.3 Å². The summed E-state index contributed by atoms with van der Waals surface area (Å²) >= 11 is 0. The first-order valence-corrected chi connectivity index (χ1v) is 5.90. The van der Waals surface area contributed by atoms with Crippen LogP contribution in [0.25, 0.3) is 0 Å². The van der Waals surface area contributed by atoms with Gasteiger partial charge in [-0.25, -0.2) is 9.97 Å². The number of carbonyl (C=O) groups excluding carboxylic acids is 1. The van der Waals surface area contributed by atoms with Crippen LogP contribution in [0, 0.1) is 0 Å². The largest absolute Gasteiger partial charge is 0.433 e. The molecule has 1 fully saturated rings. The van der Waals surface area contributed by atoms with Crippen molar-refractivity contribution in [2.24, 2.45) is 5.73 Å². The number of amides is 1. The summed E-state index contributed by atoms with van der Waals surface area (Å²) in [6, 6.07) is 0.758. The number of carbonyl (C=O) groups is 1. The number of anilines is 1. The predicted molar refractivity (Wildman–Crippen MR) is 62.6 cm³/mol. The van der Waals surface area contributed by atoms with Crippen LogP contribution in [0.15, 0.2) is 12.3 Å². The lowest BCUT2D eigenvalue weighted by molar-refractivity contribution is -0.141. The number of nitrogens with zero attached hydrogens (tertiary/aromatic N) is 3. The molecule has 1 aliphatic rings. The van der Waals surface area contributed by atoms with E-state index in [2.05, 4.69) is 9.97 Å². The van der Waals surface area contributed by atoms with Gasteiger partial charge in [-0.1, -0.05) is 0 Å². The molecule has 2 heterocycles. The van der Waals surface area contributed by atoms with Gasteiger partial charge in [-0.05, 0) is 18.9 Å². The van der Waals surface area contributed by atoms with Gasteiger partial charge in [0, 0.05) is 12.7 Å². The Kier molecular flexibility index (Phi) is 3.55. The first-order chi connectivity index (χ1) is 9.22. The number of hydrogen-bond acceptors (Lipinski definition) is 5. The monoisotopic (exact) mass is 290 g/mol. The molecule has 1 saturated heterocycles. The number of halogens is 3. The second kappa shape index (κ2) is 4.89. The third-order valence-corrected chi connectivity index (χ3v) is 3.15. The highest BCUT2D eigenvalue weighted by Crippen LogP contribution is 2.29. The minimum Gasteiger partial charge on any atom is -0.378 e. The molecule has 9 heteroatoms. The smallest absolute Gasteiger partial charge is 0.378 e. The molecule has 2 rings (SSSR count). The zero-order valence-corrected chi connectivity index (χ0v) is 10.4. The zero-order chi connectivity index (χ0) is 15.0. The van der Waals surface area contributed by atoms with E-state index < -0.39 is 23.4 Å². The molecule has 20 heavy (non-hydrogen) atoms. The minimum absolute atomic E-state index is 0.164. The van der Waals surface area contributed by atoms with Crippen molar-refractivity contribution in [1.29, 1.82) is 0 Å². The molecule has 1 aromatic heterocycles. The molecule has 1 aliphatic heterocycles. The lowest BCUT2D eigenvalue weighted by Crippen LogP contribution is -2.56. The minimum atomic E-state index is -4.58. The van der Waals surface area contributed by atoms with Gasteiger partial charge in [0.2, 0.25) is 5.95 Å². The standard InChI is InChI=1S/C11H13F3N4O2/c12-11(13,14)7-2-4-16-9(17-7)18-5-1-3-10(20,6-18)8(15)19/h2,4,20H,1,3,5-6H2,(H2,15,19). The van der Waals surface area contributed by atoms with E-state index in [9.17, 15) is 23.1 Å². The van der Waals surface area contributed by atoms with Gasteiger partial charge in [0.15, 0.2) is 5.60 Å². The third kappa shape index (κ3) is 2.82. The van der Waals surface area contributed by atoms with Crippen LogP contribution in [0.4, 0.5) is 19.1 Å². The lowest BCUT2D eigenvalue weighted by atomic mass is 9.92. The molecule has 1 amide bonds. The van der Waals surface area contributed by atoms with Crippen LogP contribution in [0.5, 0.6) is 0 Å². The lowest BCUT2D eigenvalue weighted by Gasteiger charge is -2.37. The average molecular weight is 290 g/mol. The molecular formula is C11H13F3N4O2. The highest BCUT2D eigenvalue weighted by molar-refractivity contribution is 5.84. The van der Waals surface area contributed by atoms with E-state index in [1.165, 1.54) is 4.90 Å². The maximum Gasteiger partial charge on any atom is 0.433 e. The van der Waals surface area contributed by atoms with E-state index in [-0.39, 0.29) is 18.9 Å². The highest BCUT2D eigenvalue weighted by atomic mass is 19.4. The number of β-amino-alcohol motifs (C(OH)–C–C–N with tert-alkyl or cyclic N) is 1. The predicted octanol–water partition coefficient (Wildman–Crippen LogP) is 0.312. The summed E-state index contributed by atoms with van der Waals surface area (Å²) in [6.07, 6.45) is -3.02. The van der Waals surface area contributed by atoms with Crippen molar-refractivity contribution in [2.45, 2.75) is 24.6 Å². The quantitative estimate of drug-likeness (QED) is 0.818. The summed E-state index contributed by atoms with van der Waals surface area (Å²) in [6.45, 7) is 0.126. The molecule has 0 saturated carbocycles. The third-order valence-electron chi connectivity index (χ3n) is 3.15. The number of piperidine rings is 1. The van der Waals surface area contributed by atoms with Crippen LogP contribution in [-0.2, 0) is 11.0 Å². The second-order valence-electron chi connectivity index (χ2n) is 4.66. The Hall–Kier alpha value is -1.90. The number of primary amides is 1. The zero-order valence-electron chi connectivity index (χ0n) is 10.4. The van der Waals surface area contributed by atoms with Crippen LogP contribution >= 0.6 is 0 Å². The van der Waals surface area contributed by atoms with Gasteiger partial charge in [-0.2, -0.15) is 13.2 Å². The van der Waals surface area contributed by atoms with E-state index in [1.54, 1.807) is 0 Å². The molecule has 0 radical (unpaired) electrons. The molecule has 1 aromatic rings. The molecule has 3 N–H and O–H groups in total. The maximum atomic E-state index is 12.6. The van der Waals surface area contributed by atoms with Gasteiger partial charge in [0.05, 0.1) is 6.54 Å². The van der Waals surface area contributed by atoms with Gasteiger partial charge in [-0.3, -0.25) is 4.79 Å². The fourth-order valence-corrected chi connectivity index (χ4v) is 2.07. The van der Waals surface area contributed by atoms with Crippen molar-refractivity contribution >= 4 is 11.9 Å². The van der Waals surface area contributed by atoms with Crippen LogP contribution in [0.2, 0.25) is 0 Å². The van der Waals surface area contributed by atoms with E-state index in [0.29, 0.717) is 13.0 Å². The fourth-order valence-electron chi connectivity index (χ4n) is 2.07. The Morgan fingerprint density at radius 3 is 2.80 bits per heavy atom. The SMILES string of the molecule is NC(=O)C1(O)CCCN(c2nccc(C(F)(F)F)n2)C1. The maximum absolute atomic E-state index is 12.6. The van der Waals surface area contributed by atoms with Gasteiger partial charge in [-0.15, -0.1) is 0 Å². The number of rotatable bonds is 2. The molecular weight excluding hydrogens is 277 g/mol. The van der Waals surface area contributed by atoms with E-state index in [1.807, 2.05) is 0 Å². The van der Waals surface area contributed by atoms with Crippen molar-refractivity contribution in [1.82, 2.24) is 9.97 Å². The van der Waals surface area contributed by atoms with Gasteiger partial charge < -0.3 is 15.7 Å². The second-order valence-corrected chi connectivity index (χ2v) is 4.66. The van der Waals surface area contributed by atoms with Crippen molar-refractivity contribution in [3.8, 4) is 0 Å². The van der Waals surface area contributed by atoms with E-state index in [4.69, 9.17) is 5.73 Å². The number of hydrogen-bond donors (Lipinski definition) is 2. The Labute approximate surface area is 112 Å². The summed E-state index contributed by atoms with van der Waals surface area (Å²) in [4.78, 5) is 19.7. The van der Waals surface area contributed by atoms with Crippen molar-refractivity contribution in [2.75, 3.05) is 18.0 Å². The summed E-state index contributed by atoms with van der Waals surface area (Å²) < 4.78 is 37.7. The van der Waals surface area contributed by atoms with Crippen LogP contribution in [-0.4, -0.2) is 39.7 Å². The first-order valence-electron chi connectivity index (χ1n) is 5.90. The van der Waals surface area contributed by atoms with Crippen molar-refractivity contribution in [3.05, 3.63) is 18.0 Å². The summed E-state index contributed by atoms with van der Waals surface area (Å²) in [7, 11) is 0. The van der Waals surface area contributed by atoms with Crippen LogP contribution in [0.1, 0.15) is 18.5 Å². The first kappa shape index (κ1) is 14.5. The molecule has 0 aromatic carbocycles. The van der Waals surface area contributed by atoms with E-state index in [0.717, 1.165) is 12.3 Å². The number of alkyl halides is 3.